The molecule has 0 bridgehead atoms. The van der Waals surface area contributed by atoms with Crippen molar-refractivity contribution >= 4 is 10.9 Å². The van der Waals surface area contributed by atoms with Crippen molar-refractivity contribution in [2.75, 3.05) is 20.2 Å². The van der Waals surface area contributed by atoms with E-state index in [4.69, 9.17) is 4.74 Å². The summed E-state index contributed by atoms with van der Waals surface area (Å²) in [7, 11) is 3.68. The van der Waals surface area contributed by atoms with E-state index in [1.165, 1.54) is 16.5 Å². The Morgan fingerprint density at radius 1 is 1.28 bits per heavy atom. The van der Waals surface area contributed by atoms with E-state index < -0.39 is 0 Å². The van der Waals surface area contributed by atoms with Gasteiger partial charge in [-0.3, -0.25) is 14.6 Å². The zero-order valence-corrected chi connectivity index (χ0v) is 14.9. The Kier molecular flexibility index (Phi) is 4.23. The first kappa shape index (κ1) is 16.2. The van der Waals surface area contributed by atoms with Crippen LogP contribution in [0.5, 0.6) is 0 Å². The topological polar surface area (TPSA) is 56.1 Å². The van der Waals surface area contributed by atoms with E-state index in [-0.39, 0.29) is 12.0 Å². The van der Waals surface area contributed by atoms with Gasteiger partial charge in [0.15, 0.2) is 0 Å². The molecule has 1 aliphatic rings. The second-order valence-electron chi connectivity index (χ2n) is 6.88. The highest BCUT2D eigenvalue weighted by molar-refractivity contribution is 5.82. The van der Waals surface area contributed by atoms with E-state index in [2.05, 4.69) is 45.3 Å². The van der Waals surface area contributed by atoms with E-state index in [1.54, 1.807) is 11.8 Å². The molecular weight excluding hydrogens is 314 g/mol. The molecule has 2 atom stereocenters. The van der Waals surface area contributed by atoms with Crippen LogP contribution in [-0.2, 0) is 18.3 Å². The summed E-state index contributed by atoms with van der Waals surface area (Å²) in [5.74, 6) is 0.266. The van der Waals surface area contributed by atoms with Crippen molar-refractivity contribution in [1.82, 2.24) is 24.9 Å². The van der Waals surface area contributed by atoms with Crippen LogP contribution < -0.4 is 0 Å². The summed E-state index contributed by atoms with van der Waals surface area (Å²) in [5.41, 5.74) is 4.63. The van der Waals surface area contributed by atoms with Gasteiger partial charge in [0.05, 0.1) is 17.3 Å². The highest BCUT2D eigenvalue weighted by atomic mass is 16.5. The maximum Gasteiger partial charge on any atom is 0.0897 e. The lowest BCUT2D eigenvalue weighted by Crippen LogP contribution is -2.22. The average Bonchev–Trinajstić information content (AvgIpc) is 3.20. The molecule has 6 heteroatoms. The van der Waals surface area contributed by atoms with Gasteiger partial charge in [-0.15, -0.1) is 5.10 Å². The molecule has 0 unspecified atom stereocenters. The Labute approximate surface area is 147 Å². The van der Waals surface area contributed by atoms with E-state index in [1.807, 2.05) is 25.5 Å². The van der Waals surface area contributed by atoms with Crippen LogP contribution in [0.1, 0.15) is 22.7 Å². The third-order valence-corrected chi connectivity index (χ3v) is 5.01. The number of nitrogens with zero attached hydrogens (tertiary/aromatic N) is 5. The normalized spacial score (nSPS) is 21.2. The van der Waals surface area contributed by atoms with Gasteiger partial charge in [-0.1, -0.05) is 17.3 Å². The third kappa shape index (κ3) is 3.15. The summed E-state index contributed by atoms with van der Waals surface area (Å²) in [6.45, 7) is 4.87. The molecule has 0 aliphatic carbocycles. The zero-order valence-electron chi connectivity index (χ0n) is 14.9. The fourth-order valence-corrected chi connectivity index (χ4v) is 3.84. The van der Waals surface area contributed by atoms with Crippen molar-refractivity contribution in [3.63, 3.8) is 0 Å². The van der Waals surface area contributed by atoms with Gasteiger partial charge in [0.1, 0.15) is 0 Å². The molecule has 25 heavy (non-hydrogen) atoms. The lowest BCUT2D eigenvalue weighted by Gasteiger charge is -2.16. The van der Waals surface area contributed by atoms with Gasteiger partial charge in [-0.25, -0.2) is 0 Å². The minimum Gasteiger partial charge on any atom is -0.379 e. The molecule has 1 aromatic carbocycles. The Balaban J connectivity index is 1.55. The van der Waals surface area contributed by atoms with E-state index in [9.17, 15) is 0 Å². The Hall–Kier alpha value is -2.31. The van der Waals surface area contributed by atoms with Crippen molar-refractivity contribution in [2.24, 2.45) is 7.05 Å². The Morgan fingerprint density at radius 3 is 2.92 bits per heavy atom. The van der Waals surface area contributed by atoms with Gasteiger partial charge in [0.2, 0.25) is 0 Å². The fraction of sp³-hybridized carbons (Fsp3) is 0.421. The molecule has 6 nitrogen and oxygen atoms in total. The van der Waals surface area contributed by atoms with Crippen molar-refractivity contribution in [2.45, 2.75) is 25.5 Å². The highest BCUT2D eigenvalue weighted by Gasteiger charge is 2.35. The molecule has 1 fully saturated rings. The summed E-state index contributed by atoms with van der Waals surface area (Å²) in [4.78, 5) is 6.92. The molecule has 0 saturated carbocycles. The maximum absolute atomic E-state index is 5.72. The van der Waals surface area contributed by atoms with E-state index in [0.717, 1.165) is 30.8 Å². The average molecular weight is 337 g/mol. The molecule has 130 valence electrons. The summed E-state index contributed by atoms with van der Waals surface area (Å²) < 4.78 is 7.48. The molecular formula is C19H23N5O. The first-order valence-corrected chi connectivity index (χ1v) is 8.59. The molecule has 0 N–H and O–H groups in total. The molecule has 3 aromatic rings. The van der Waals surface area contributed by atoms with Gasteiger partial charge < -0.3 is 4.74 Å². The second-order valence-corrected chi connectivity index (χ2v) is 6.88. The number of pyridine rings is 1. The molecule has 0 amide bonds. The molecule has 2 aromatic heterocycles. The number of likely N-dealkylation sites (tertiary alicyclic amines) is 1. The minimum absolute atomic E-state index is 0.153. The predicted molar refractivity (Wildman–Crippen MR) is 96.3 cm³/mol. The molecule has 1 saturated heterocycles. The van der Waals surface area contributed by atoms with E-state index >= 15 is 0 Å². The summed E-state index contributed by atoms with van der Waals surface area (Å²) in [6.07, 6.45) is 4.00. The summed E-state index contributed by atoms with van der Waals surface area (Å²) >= 11 is 0. The second kappa shape index (κ2) is 6.54. The number of benzene rings is 1. The van der Waals surface area contributed by atoms with Crippen molar-refractivity contribution in [3.05, 3.63) is 53.5 Å². The summed E-state index contributed by atoms with van der Waals surface area (Å²) in [5, 5.41) is 9.56. The standard InChI is InChI=1S/C19H23N5O/c1-13-7-14(8-15-5-4-6-20-19(13)15)9-24-10-16(18(12-24)25-3)17-11-23(2)22-21-17/h4-8,11,16,18H,9-10,12H2,1-3H3/t16-,18+/m0/s1. The van der Waals surface area contributed by atoms with Crippen molar-refractivity contribution in [3.8, 4) is 0 Å². The largest absolute Gasteiger partial charge is 0.379 e. The Morgan fingerprint density at radius 2 is 2.16 bits per heavy atom. The summed E-state index contributed by atoms with van der Waals surface area (Å²) in [6, 6.07) is 8.61. The van der Waals surface area contributed by atoms with Crippen LogP contribution >= 0.6 is 0 Å². The monoisotopic (exact) mass is 337 g/mol. The number of rotatable bonds is 4. The van der Waals surface area contributed by atoms with Crippen LogP contribution in [0.2, 0.25) is 0 Å². The van der Waals surface area contributed by atoms with Crippen LogP contribution in [0.4, 0.5) is 0 Å². The molecule has 3 heterocycles. The van der Waals surface area contributed by atoms with Gasteiger partial charge in [-0.2, -0.15) is 0 Å². The first-order valence-electron chi connectivity index (χ1n) is 8.59. The Bertz CT molecular complexity index is 890. The fourth-order valence-electron chi connectivity index (χ4n) is 3.84. The maximum atomic E-state index is 5.72. The predicted octanol–water partition coefficient (Wildman–Crippen LogP) is 2.29. The number of aromatic nitrogens is 4. The zero-order chi connectivity index (χ0) is 17.4. The highest BCUT2D eigenvalue weighted by Crippen LogP contribution is 2.29. The van der Waals surface area contributed by atoms with Crippen LogP contribution in [0, 0.1) is 6.92 Å². The SMILES string of the molecule is CO[C@@H]1CN(Cc2cc(C)c3ncccc3c2)C[C@H]1c1cn(C)nn1. The first-order chi connectivity index (χ1) is 12.1. The van der Waals surface area contributed by atoms with E-state index in [0.29, 0.717) is 0 Å². The number of aryl methyl sites for hydroxylation is 2. The lowest BCUT2D eigenvalue weighted by molar-refractivity contribution is 0.0957. The van der Waals surface area contributed by atoms with Gasteiger partial charge in [0, 0.05) is 57.5 Å². The minimum atomic E-state index is 0.153. The smallest absolute Gasteiger partial charge is 0.0897 e. The van der Waals surface area contributed by atoms with Crippen LogP contribution in [0.15, 0.2) is 36.7 Å². The molecule has 0 radical (unpaired) electrons. The van der Waals surface area contributed by atoms with Gasteiger partial charge in [-0.05, 0) is 30.2 Å². The van der Waals surface area contributed by atoms with Gasteiger partial charge >= 0.3 is 0 Å². The quantitative estimate of drug-likeness (QED) is 0.731. The van der Waals surface area contributed by atoms with Crippen LogP contribution in [0.3, 0.4) is 0 Å². The molecule has 4 rings (SSSR count). The van der Waals surface area contributed by atoms with Crippen molar-refractivity contribution in [1.29, 1.82) is 0 Å². The number of fused-ring (bicyclic) bond motifs is 1. The lowest BCUT2D eigenvalue weighted by atomic mass is 10.0. The van der Waals surface area contributed by atoms with Crippen LogP contribution in [0.25, 0.3) is 10.9 Å². The molecule has 1 aliphatic heterocycles. The molecule has 0 spiro atoms. The number of hydrogen-bond acceptors (Lipinski definition) is 5. The number of methoxy groups -OCH3 is 1. The van der Waals surface area contributed by atoms with Crippen molar-refractivity contribution < 1.29 is 4.74 Å². The number of ether oxygens (including phenoxy) is 1. The third-order valence-electron chi connectivity index (χ3n) is 5.01. The number of hydrogen-bond donors (Lipinski definition) is 0. The van der Waals surface area contributed by atoms with Gasteiger partial charge in [0.25, 0.3) is 0 Å². The van der Waals surface area contributed by atoms with Crippen LogP contribution in [-0.4, -0.2) is 51.2 Å².